The van der Waals surface area contributed by atoms with Crippen LogP contribution in [0.4, 0.5) is 0 Å². The minimum Gasteiger partial charge on any atom is -0.381 e. The molecule has 0 amide bonds. The molecule has 0 bridgehead atoms. The lowest BCUT2D eigenvalue weighted by Crippen LogP contribution is -2.36. The molecule has 0 unspecified atom stereocenters. The topological polar surface area (TPSA) is 88.0 Å². The van der Waals surface area contributed by atoms with Crippen LogP contribution in [0.1, 0.15) is 57.1 Å². The molecule has 8 heteroatoms. The Morgan fingerprint density at radius 1 is 1.26 bits per heavy atom. The summed E-state index contributed by atoms with van der Waals surface area (Å²) in [5, 5.41) is 8.36. The van der Waals surface area contributed by atoms with Gasteiger partial charge in [0.25, 0.3) is 0 Å². The number of aryl methyl sites for hydroxylation is 1. The Morgan fingerprint density at radius 2 is 1.96 bits per heavy atom. The highest BCUT2D eigenvalue weighted by atomic mass is 16.5. The Labute approximate surface area is 134 Å². The van der Waals surface area contributed by atoms with Crippen LogP contribution in [-0.4, -0.2) is 37.7 Å². The highest BCUT2D eigenvalue weighted by Crippen LogP contribution is 2.25. The van der Waals surface area contributed by atoms with Gasteiger partial charge in [-0.3, -0.25) is 4.57 Å². The van der Waals surface area contributed by atoms with E-state index >= 15 is 0 Å². The molecular weight excluding hydrogens is 298 g/mol. The van der Waals surface area contributed by atoms with Crippen LogP contribution in [-0.2, 0) is 16.8 Å². The summed E-state index contributed by atoms with van der Waals surface area (Å²) in [4.78, 5) is 17.0. The second kappa shape index (κ2) is 5.92. The van der Waals surface area contributed by atoms with Gasteiger partial charge in [-0.2, -0.15) is 10.1 Å². The summed E-state index contributed by atoms with van der Waals surface area (Å²) in [7, 11) is 0. The van der Waals surface area contributed by atoms with Crippen molar-refractivity contribution in [1.82, 2.24) is 24.5 Å². The van der Waals surface area contributed by atoms with E-state index in [2.05, 4.69) is 15.2 Å². The van der Waals surface area contributed by atoms with Gasteiger partial charge >= 0.3 is 5.69 Å². The SMILES string of the molecule is Cc1nn(C(C)(C)C)c(=O)n1Cc1noc(C2CCOCC2)n1. The molecule has 3 rings (SSSR count). The maximum atomic E-state index is 12.5. The number of ether oxygens (including phenoxy) is 1. The van der Waals surface area contributed by atoms with Crippen LogP contribution >= 0.6 is 0 Å². The molecule has 0 spiro atoms. The van der Waals surface area contributed by atoms with E-state index in [-0.39, 0.29) is 23.7 Å². The molecule has 23 heavy (non-hydrogen) atoms. The van der Waals surface area contributed by atoms with Crippen LogP contribution in [0.15, 0.2) is 9.32 Å². The molecule has 0 N–H and O–H groups in total. The third-order valence-corrected chi connectivity index (χ3v) is 4.04. The summed E-state index contributed by atoms with van der Waals surface area (Å²) in [6, 6.07) is 0. The predicted molar refractivity (Wildman–Crippen MR) is 82.4 cm³/mol. The highest BCUT2D eigenvalue weighted by Gasteiger charge is 2.24. The first kappa shape index (κ1) is 15.9. The van der Waals surface area contributed by atoms with Crippen LogP contribution in [0.25, 0.3) is 0 Å². The van der Waals surface area contributed by atoms with Gasteiger partial charge in [0.05, 0.1) is 12.1 Å². The van der Waals surface area contributed by atoms with Gasteiger partial charge in [0.1, 0.15) is 5.82 Å². The van der Waals surface area contributed by atoms with E-state index in [1.807, 2.05) is 27.7 Å². The molecule has 2 aromatic rings. The van der Waals surface area contributed by atoms with E-state index in [1.165, 1.54) is 4.68 Å². The Kier molecular flexibility index (Phi) is 4.09. The first-order chi connectivity index (χ1) is 10.9. The van der Waals surface area contributed by atoms with Crippen molar-refractivity contribution in [3.63, 3.8) is 0 Å². The third-order valence-electron chi connectivity index (χ3n) is 4.04. The van der Waals surface area contributed by atoms with E-state index in [9.17, 15) is 4.79 Å². The van der Waals surface area contributed by atoms with E-state index in [1.54, 1.807) is 4.57 Å². The average Bonchev–Trinajstić information content (AvgIpc) is 3.08. The number of aromatic nitrogens is 5. The van der Waals surface area contributed by atoms with Gasteiger partial charge in [-0.15, -0.1) is 0 Å². The maximum Gasteiger partial charge on any atom is 0.346 e. The predicted octanol–water partition coefficient (Wildman–Crippen LogP) is 1.43. The van der Waals surface area contributed by atoms with Gasteiger partial charge in [0.15, 0.2) is 5.82 Å². The van der Waals surface area contributed by atoms with Crippen molar-refractivity contribution in [1.29, 1.82) is 0 Å². The van der Waals surface area contributed by atoms with Gasteiger partial charge in [0.2, 0.25) is 5.89 Å². The zero-order valence-corrected chi connectivity index (χ0v) is 14.1. The molecule has 8 nitrogen and oxygen atoms in total. The van der Waals surface area contributed by atoms with Crippen LogP contribution < -0.4 is 5.69 Å². The normalized spacial score (nSPS) is 16.9. The fourth-order valence-corrected chi connectivity index (χ4v) is 2.70. The molecular formula is C15H23N5O3. The summed E-state index contributed by atoms with van der Waals surface area (Å²) < 4.78 is 13.8. The highest BCUT2D eigenvalue weighted by molar-refractivity contribution is 4.98. The monoisotopic (exact) mass is 321 g/mol. The molecule has 2 aromatic heterocycles. The Hall–Kier alpha value is -1.96. The summed E-state index contributed by atoms with van der Waals surface area (Å²) in [5.74, 6) is 2.03. The van der Waals surface area contributed by atoms with Crippen LogP contribution in [0.2, 0.25) is 0 Å². The molecule has 1 saturated heterocycles. The first-order valence-electron chi connectivity index (χ1n) is 7.93. The minimum absolute atomic E-state index is 0.160. The summed E-state index contributed by atoms with van der Waals surface area (Å²) in [6.07, 6.45) is 1.78. The summed E-state index contributed by atoms with van der Waals surface area (Å²) in [6.45, 7) is 9.36. The Balaban J connectivity index is 1.82. The van der Waals surface area contributed by atoms with Crippen LogP contribution in [0.3, 0.4) is 0 Å². The quantitative estimate of drug-likeness (QED) is 0.850. The molecule has 126 valence electrons. The maximum absolute atomic E-state index is 12.5. The molecule has 1 fully saturated rings. The molecule has 3 heterocycles. The zero-order chi connectivity index (χ0) is 16.6. The molecule has 0 aromatic carbocycles. The van der Waals surface area contributed by atoms with Crippen molar-refractivity contribution in [2.24, 2.45) is 0 Å². The van der Waals surface area contributed by atoms with Gasteiger partial charge < -0.3 is 9.26 Å². The largest absolute Gasteiger partial charge is 0.381 e. The zero-order valence-electron chi connectivity index (χ0n) is 14.1. The third kappa shape index (κ3) is 3.21. The van der Waals surface area contributed by atoms with E-state index < -0.39 is 0 Å². The fourth-order valence-electron chi connectivity index (χ4n) is 2.70. The van der Waals surface area contributed by atoms with E-state index in [0.29, 0.717) is 17.5 Å². The minimum atomic E-state index is -0.363. The van der Waals surface area contributed by atoms with E-state index in [0.717, 1.165) is 26.1 Å². The van der Waals surface area contributed by atoms with Crippen LogP contribution in [0.5, 0.6) is 0 Å². The second-order valence-corrected chi connectivity index (χ2v) is 6.93. The van der Waals surface area contributed by atoms with Gasteiger partial charge in [-0.05, 0) is 40.5 Å². The van der Waals surface area contributed by atoms with Crippen molar-refractivity contribution in [2.45, 2.75) is 58.5 Å². The van der Waals surface area contributed by atoms with Crippen molar-refractivity contribution in [3.8, 4) is 0 Å². The van der Waals surface area contributed by atoms with Crippen LogP contribution in [0, 0.1) is 6.92 Å². The second-order valence-electron chi connectivity index (χ2n) is 6.93. The lowest BCUT2D eigenvalue weighted by molar-refractivity contribution is 0.0778. The molecule has 1 aliphatic heterocycles. The van der Waals surface area contributed by atoms with E-state index in [4.69, 9.17) is 9.26 Å². The molecule has 0 atom stereocenters. The molecule has 0 radical (unpaired) electrons. The van der Waals surface area contributed by atoms with Crippen molar-refractivity contribution in [2.75, 3.05) is 13.2 Å². The molecule has 1 aliphatic rings. The molecule has 0 aliphatic carbocycles. The standard InChI is InChI=1S/C15H23N5O3/c1-10-17-20(15(2,3)4)14(21)19(10)9-12-16-13(23-18-12)11-5-7-22-8-6-11/h11H,5-9H2,1-4H3. The average molecular weight is 321 g/mol. The number of rotatable bonds is 3. The first-order valence-corrected chi connectivity index (χ1v) is 7.93. The lowest BCUT2D eigenvalue weighted by Gasteiger charge is -2.17. The van der Waals surface area contributed by atoms with Gasteiger partial charge in [0, 0.05) is 19.1 Å². The van der Waals surface area contributed by atoms with Crippen molar-refractivity contribution >= 4 is 0 Å². The van der Waals surface area contributed by atoms with Crippen molar-refractivity contribution in [3.05, 3.63) is 28.0 Å². The Bertz CT molecular complexity index is 731. The van der Waals surface area contributed by atoms with Crippen molar-refractivity contribution < 1.29 is 9.26 Å². The fraction of sp³-hybridized carbons (Fsp3) is 0.733. The van der Waals surface area contributed by atoms with Gasteiger partial charge in [-0.25, -0.2) is 9.48 Å². The number of nitrogens with zero attached hydrogens (tertiary/aromatic N) is 5. The number of hydrogen-bond donors (Lipinski definition) is 0. The smallest absolute Gasteiger partial charge is 0.346 e. The lowest BCUT2D eigenvalue weighted by atomic mass is 10.0. The van der Waals surface area contributed by atoms with Gasteiger partial charge in [-0.1, -0.05) is 5.16 Å². The molecule has 0 saturated carbocycles. The summed E-state index contributed by atoms with van der Waals surface area (Å²) >= 11 is 0. The number of hydrogen-bond acceptors (Lipinski definition) is 6. The Morgan fingerprint density at radius 3 is 2.57 bits per heavy atom. The summed E-state index contributed by atoms with van der Waals surface area (Å²) in [5.41, 5.74) is -0.523.